The lowest BCUT2D eigenvalue weighted by atomic mass is 9.80. The van der Waals surface area contributed by atoms with Gasteiger partial charge in [-0.1, -0.05) is 35.9 Å². The molecule has 186 valence electrons. The molecule has 0 aromatic heterocycles. The highest BCUT2D eigenvalue weighted by Crippen LogP contribution is 2.38. The van der Waals surface area contributed by atoms with Crippen molar-refractivity contribution in [2.24, 2.45) is 5.92 Å². The zero-order valence-electron chi connectivity index (χ0n) is 18.7. The van der Waals surface area contributed by atoms with Crippen LogP contribution in [0.15, 0.2) is 47.4 Å². The maximum absolute atomic E-state index is 13.2. The molecule has 1 aliphatic heterocycles. The van der Waals surface area contributed by atoms with Gasteiger partial charge in [-0.2, -0.15) is 13.2 Å². The molecular formula is C24H28ClF3N2O3S. The Kier molecular flexibility index (Phi) is 7.76. The number of sulfonamides is 1. The van der Waals surface area contributed by atoms with E-state index in [-0.39, 0.29) is 18.6 Å². The zero-order valence-corrected chi connectivity index (χ0v) is 20.2. The van der Waals surface area contributed by atoms with Crippen molar-refractivity contribution in [1.82, 2.24) is 9.62 Å². The van der Waals surface area contributed by atoms with Crippen LogP contribution in [0.1, 0.15) is 43.2 Å². The SMILES string of the molecule is O=S(=O)(NCCC1CC(Oc2cccc(CN3CCCC3)c2Cl)C1)c1ccccc1C(F)(F)F. The Hall–Kier alpha value is -1.81. The van der Waals surface area contributed by atoms with Gasteiger partial charge >= 0.3 is 6.18 Å². The minimum absolute atomic E-state index is 0.00732. The van der Waals surface area contributed by atoms with E-state index in [1.165, 1.54) is 25.0 Å². The van der Waals surface area contributed by atoms with E-state index in [0.29, 0.717) is 17.2 Å². The second kappa shape index (κ2) is 10.4. The maximum Gasteiger partial charge on any atom is 0.417 e. The van der Waals surface area contributed by atoms with Crippen molar-refractivity contribution >= 4 is 21.6 Å². The Morgan fingerprint density at radius 1 is 1.06 bits per heavy atom. The first-order chi connectivity index (χ1) is 16.1. The smallest absolute Gasteiger partial charge is 0.417 e. The van der Waals surface area contributed by atoms with E-state index in [4.69, 9.17) is 16.3 Å². The van der Waals surface area contributed by atoms with E-state index in [9.17, 15) is 21.6 Å². The molecule has 2 aromatic rings. The molecule has 2 aromatic carbocycles. The first-order valence-electron chi connectivity index (χ1n) is 11.5. The standard InChI is InChI=1S/C24H28ClF3N2O3S/c25-23-18(16-30-12-3-4-13-30)6-5-8-21(23)33-19-14-17(15-19)10-11-29-34(31,32)22-9-2-1-7-20(22)24(26,27)28/h1-2,5-9,17,19,29H,3-4,10-16H2. The number of alkyl halides is 3. The van der Waals surface area contributed by atoms with Crippen LogP contribution in [0.25, 0.3) is 0 Å². The maximum atomic E-state index is 13.2. The summed E-state index contributed by atoms with van der Waals surface area (Å²) >= 11 is 6.58. The molecule has 10 heteroatoms. The minimum Gasteiger partial charge on any atom is -0.489 e. The predicted octanol–water partition coefficient (Wildman–Crippen LogP) is 5.48. The minimum atomic E-state index is -4.74. The molecule has 0 atom stereocenters. The second-order valence-corrected chi connectivity index (χ2v) is 11.1. The molecule has 1 heterocycles. The third-order valence-corrected chi connectivity index (χ3v) is 8.40. The van der Waals surface area contributed by atoms with Crippen molar-refractivity contribution < 1.29 is 26.3 Å². The summed E-state index contributed by atoms with van der Waals surface area (Å²) in [5, 5.41) is 0.633. The molecule has 0 amide bonds. The average Bonchev–Trinajstić information content (AvgIpc) is 3.27. The van der Waals surface area contributed by atoms with Gasteiger partial charge in [0.2, 0.25) is 10.0 Å². The van der Waals surface area contributed by atoms with E-state index in [2.05, 4.69) is 9.62 Å². The van der Waals surface area contributed by atoms with Crippen LogP contribution in [0.3, 0.4) is 0 Å². The fourth-order valence-electron chi connectivity index (χ4n) is 4.55. The van der Waals surface area contributed by atoms with Gasteiger partial charge < -0.3 is 4.74 Å². The first kappa shape index (κ1) is 25.3. The van der Waals surface area contributed by atoms with Crippen LogP contribution in [0.2, 0.25) is 5.02 Å². The highest BCUT2D eigenvalue weighted by molar-refractivity contribution is 7.89. The van der Waals surface area contributed by atoms with Crippen molar-refractivity contribution in [3.05, 3.63) is 58.6 Å². The lowest BCUT2D eigenvalue weighted by Crippen LogP contribution is -2.36. The van der Waals surface area contributed by atoms with E-state index in [1.807, 2.05) is 18.2 Å². The van der Waals surface area contributed by atoms with E-state index < -0.39 is 26.7 Å². The summed E-state index contributed by atoms with van der Waals surface area (Å²) in [4.78, 5) is 1.62. The number of likely N-dealkylation sites (tertiary alicyclic amines) is 1. The largest absolute Gasteiger partial charge is 0.489 e. The molecule has 4 rings (SSSR count). The predicted molar refractivity (Wildman–Crippen MR) is 124 cm³/mol. The van der Waals surface area contributed by atoms with Crippen LogP contribution in [0.4, 0.5) is 13.2 Å². The van der Waals surface area contributed by atoms with Gasteiger partial charge in [0.25, 0.3) is 0 Å². The van der Waals surface area contributed by atoms with E-state index in [0.717, 1.165) is 50.2 Å². The molecule has 0 spiro atoms. The molecule has 1 aliphatic carbocycles. The van der Waals surface area contributed by atoms with Crippen molar-refractivity contribution in [2.75, 3.05) is 19.6 Å². The quantitative estimate of drug-likeness (QED) is 0.479. The van der Waals surface area contributed by atoms with Crippen LogP contribution >= 0.6 is 11.6 Å². The third kappa shape index (κ3) is 6.05. The number of nitrogens with one attached hydrogen (secondary N) is 1. The fraction of sp³-hybridized carbons (Fsp3) is 0.500. The van der Waals surface area contributed by atoms with E-state index >= 15 is 0 Å². The van der Waals surface area contributed by atoms with Crippen molar-refractivity contribution in [3.63, 3.8) is 0 Å². The summed E-state index contributed by atoms with van der Waals surface area (Å²) in [5.41, 5.74) is -0.117. The monoisotopic (exact) mass is 516 g/mol. The number of ether oxygens (including phenoxy) is 1. The molecule has 1 saturated heterocycles. The lowest BCUT2D eigenvalue weighted by Gasteiger charge is -2.35. The number of hydrogen-bond acceptors (Lipinski definition) is 4. The number of benzene rings is 2. The Bertz CT molecular complexity index is 1100. The highest BCUT2D eigenvalue weighted by atomic mass is 35.5. The van der Waals surface area contributed by atoms with Gasteiger partial charge in [-0.25, -0.2) is 13.1 Å². The van der Waals surface area contributed by atoms with Gasteiger partial charge in [-0.05, 0) is 74.9 Å². The highest BCUT2D eigenvalue weighted by Gasteiger charge is 2.37. The number of nitrogens with zero attached hydrogens (tertiary/aromatic N) is 1. The number of halogens is 4. The molecule has 2 fully saturated rings. The van der Waals surface area contributed by atoms with Gasteiger partial charge in [0.15, 0.2) is 0 Å². The molecule has 1 saturated carbocycles. The molecule has 34 heavy (non-hydrogen) atoms. The van der Waals surface area contributed by atoms with E-state index in [1.54, 1.807) is 0 Å². The van der Waals surface area contributed by atoms with Gasteiger partial charge in [-0.15, -0.1) is 0 Å². The second-order valence-electron chi connectivity index (χ2n) is 8.97. The Morgan fingerprint density at radius 2 is 1.76 bits per heavy atom. The van der Waals surface area contributed by atoms with Gasteiger partial charge in [-0.3, -0.25) is 4.90 Å². The lowest BCUT2D eigenvalue weighted by molar-refractivity contribution is -0.139. The van der Waals surface area contributed by atoms with Crippen molar-refractivity contribution in [3.8, 4) is 5.75 Å². The van der Waals surface area contributed by atoms with Crippen molar-refractivity contribution in [2.45, 2.75) is 55.8 Å². The topological polar surface area (TPSA) is 58.6 Å². The summed E-state index contributed by atoms with van der Waals surface area (Å²) < 4.78 is 72.7. The molecule has 0 radical (unpaired) electrons. The summed E-state index contributed by atoms with van der Waals surface area (Å²) in [5.74, 6) is 0.892. The normalized spacial score (nSPS) is 21.4. The molecule has 2 aliphatic rings. The van der Waals surface area contributed by atoms with Crippen LogP contribution in [-0.4, -0.2) is 39.1 Å². The Labute approximate surface area is 203 Å². The third-order valence-electron chi connectivity index (χ3n) is 6.45. The van der Waals surface area contributed by atoms with Crippen molar-refractivity contribution in [1.29, 1.82) is 0 Å². The molecule has 0 bridgehead atoms. The molecule has 1 N–H and O–H groups in total. The van der Waals surface area contributed by atoms with Crippen LogP contribution in [0, 0.1) is 5.92 Å². The molecule has 5 nitrogen and oxygen atoms in total. The van der Waals surface area contributed by atoms with Crippen LogP contribution in [0.5, 0.6) is 5.75 Å². The first-order valence-corrected chi connectivity index (χ1v) is 13.3. The van der Waals surface area contributed by atoms with Crippen LogP contribution in [-0.2, 0) is 22.7 Å². The van der Waals surface area contributed by atoms with Gasteiger partial charge in [0, 0.05) is 13.1 Å². The average molecular weight is 517 g/mol. The zero-order chi connectivity index (χ0) is 24.3. The summed E-state index contributed by atoms with van der Waals surface area (Å²) in [6, 6.07) is 10.0. The molecular weight excluding hydrogens is 489 g/mol. The number of rotatable bonds is 9. The Morgan fingerprint density at radius 3 is 2.47 bits per heavy atom. The Balaban J connectivity index is 1.25. The summed E-state index contributed by atoms with van der Waals surface area (Å²) in [7, 11) is -4.26. The van der Waals surface area contributed by atoms with Gasteiger partial charge in [0.05, 0.1) is 21.6 Å². The van der Waals surface area contributed by atoms with Gasteiger partial charge in [0.1, 0.15) is 5.75 Å². The summed E-state index contributed by atoms with van der Waals surface area (Å²) in [6.45, 7) is 3.04. The van der Waals surface area contributed by atoms with Crippen LogP contribution < -0.4 is 9.46 Å². The summed E-state index contributed by atoms with van der Waals surface area (Å²) in [6.07, 6.45) is -0.314. The molecule has 0 unspecified atom stereocenters. The number of hydrogen-bond donors (Lipinski definition) is 1. The fourth-order valence-corrected chi connectivity index (χ4v) is 6.05.